The van der Waals surface area contributed by atoms with E-state index in [1.807, 2.05) is 0 Å². The van der Waals surface area contributed by atoms with Gasteiger partial charge in [0, 0.05) is 12.1 Å². The molecule has 2 saturated carbocycles. The van der Waals surface area contributed by atoms with Gasteiger partial charge in [0.1, 0.15) is 0 Å². The van der Waals surface area contributed by atoms with Gasteiger partial charge in [-0.1, -0.05) is 40.0 Å². The zero-order valence-electron chi connectivity index (χ0n) is 12.7. The highest BCUT2D eigenvalue weighted by atomic mass is 16.2. The average Bonchev–Trinajstić information content (AvgIpc) is 2.75. The van der Waals surface area contributed by atoms with Crippen LogP contribution >= 0.6 is 0 Å². The van der Waals surface area contributed by atoms with Crippen LogP contribution in [0.25, 0.3) is 0 Å². The number of hydrogen-bond donors (Lipinski definition) is 2. The summed E-state index contributed by atoms with van der Waals surface area (Å²) in [5.41, 5.74) is 6.32. The lowest BCUT2D eigenvalue weighted by Gasteiger charge is -2.41. The molecule has 0 aromatic heterocycles. The summed E-state index contributed by atoms with van der Waals surface area (Å²) in [7, 11) is 0. The smallest absolute Gasteiger partial charge is 0.224 e. The van der Waals surface area contributed by atoms with E-state index in [1.165, 1.54) is 19.3 Å². The van der Waals surface area contributed by atoms with E-state index in [4.69, 9.17) is 5.73 Å². The monoisotopic (exact) mass is 266 g/mol. The predicted molar refractivity (Wildman–Crippen MR) is 78.7 cm³/mol. The summed E-state index contributed by atoms with van der Waals surface area (Å²) >= 11 is 0. The van der Waals surface area contributed by atoms with Gasteiger partial charge >= 0.3 is 0 Å². The average molecular weight is 266 g/mol. The van der Waals surface area contributed by atoms with E-state index < -0.39 is 0 Å². The van der Waals surface area contributed by atoms with Gasteiger partial charge in [0.15, 0.2) is 0 Å². The second-order valence-corrected chi connectivity index (χ2v) is 7.57. The lowest BCUT2D eigenvalue weighted by molar-refractivity contribution is -0.126. The molecular formula is C16H30N2O. The second kappa shape index (κ2) is 5.82. The third-order valence-corrected chi connectivity index (χ3v) is 5.11. The number of carbonyl (C=O) groups excluding carboxylic acids is 1. The maximum absolute atomic E-state index is 12.4. The first-order chi connectivity index (χ1) is 8.89. The summed E-state index contributed by atoms with van der Waals surface area (Å²) in [6.45, 7) is 6.89. The summed E-state index contributed by atoms with van der Waals surface area (Å²) in [6.07, 6.45) is 8.00. The van der Waals surface area contributed by atoms with Crippen LogP contribution in [0, 0.1) is 17.3 Å². The van der Waals surface area contributed by atoms with Crippen molar-refractivity contribution in [2.24, 2.45) is 23.0 Å². The van der Waals surface area contributed by atoms with Gasteiger partial charge in [0.05, 0.1) is 5.92 Å². The Hall–Kier alpha value is -0.570. The van der Waals surface area contributed by atoms with Gasteiger partial charge in [0.25, 0.3) is 0 Å². The molecular weight excluding hydrogens is 236 g/mol. The van der Waals surface area contributed by atoms with Crippen LogP contribution in [-0.2, 0) is 4.79 Å². The molecule has 2 rings (SSSR count). The minimum absolute atomic E-state index is 0.0579. The van der Waals surface area contributed by atoms with Crippen molar-refractivity contribution in [1.82, 2.24) is 5.32 Å². The van der Waals surface area contributed by atoms with E-state index in [0.29, 0.717) is 12.0 Å². The lowest BCUT2D eigenvalue weighted by Crippen LogP contribution is -2.50. The van der Waals surface area contributed by atoms with Crippen molar-refractivity contribution in [1.29, 1.82) is 0 Å². The molecule has 3 N–H and O–H groups in total. The highest BCUT2D eigenvalue weighted by molar-refractivity contribution is 5.80. The normalized spacial score (nSPS) is 36.2. The molecule has 4 unspecified atom stereocenters. The van der Waals surface area contributed by atoms with Crippen LogP contribution in [0.2, 0.25) is 0 Å². The van der Waals surface area contributed by atoms with Gasteiger partial charge in [-0.05, 0) is 37.0 Å². The van der Waals surface area contributed by atoms with Crippen molar-refractivity contribution in [2.45, 2.75) is 77.8 Å². The van der Waals surface area contributed by atoms with Crippen LogP contribution in [0.15, 0.2) is 0 Å². The molecule has 19 heavy (non-hydrogen) atoms. The minimum atomic E-state index is 0.0579. The molecule has 110 valence electrons. The maximum Gasteiger partial charge on any atom is 0.224 e. The molecule has 1 amide bonds. The van der Waals surface area contributed by atoms with Gasteiger partial charge < -0.3 is 11.1 Å². The lowest BCUT2D eigenvalue weighted by atomic mass is 9.69. The highest BCUT2D eigenvalue weighted by Crippen LogP contribution is 2.38. The first kappa shape index (κ1) is 14.8. The Bertz CT molecular complexity index is 321. The number of rotatable bonds is 2. The van der Waals surface area contributed by atoms with Crippen molar-refractivity contribution >= 4 is 5.91 Å². The molecule has 0 aromatic carbocycles. The van der Waals surface area contributed by atoms with Crippen LogP contribution in [0.1, 0.15) is 65.7 Å². The van der Waals surface area contributed by atoms with E-state index in [2.05, 4.69) is 26.1 Å². The summed E-state index contributed by atoms with van der Waals surface area (Å²) in [5.74, 6) is 0.872. The fourth-order valence-corrected chi connectivity index (χ4v) is 3.94. The van der Waals surface area contributed by atoms with Crippen LogP contribution in [0.3, 0.4) is 0 Å². The van der Waals surface area contributed by atoms with Crippen LogP contribution in [-0.4, -0.2) is 18.0 Å². The number of hydrogen-bond acceptors (Lipinski definition) is 2. The van der Waals surface area contributed by atoms with Crippen LogP contribution < -0.4 is 11.1 Å². The Morgan fingerprint density at radius 1 is 1.05 bits per heavy atom. The van der Waals surface area contributed by atoms with Crippen molar-refractivity contribution in [2.75, 3.05) is 0 Å². The highest BCUT2D eigenvalue weighted by Gasteiger charge is 2.37. The molecule has 3 nitrogen and oxygen atoms in total. The Morgan fingerprint density at radius 2 is 1.74 bits per heavy atom. The zero-order chi connectivity index (χ0) is 14.0. The minimum Gasteiger partial charge on any atom is -0.353 e. The number of nitrogens with one attached hydrogen (secondary N) is 1. The Labute approximate surface area is 117 Å². The third-order valence-electron chi connectivity index (χ3n) is 5.11. The number of amides is 1. The Morgan fingerprint density at radius 3 is 2.32 bits per heavy atom. The predicted octanol–water partition coefficient (Wildman–Crippen LogP) is 2.83. The first-order valence-electron chi connectivity index (χ1n) is 7.95. The van der Waals surface area contributed by atoms with Gasteiger partial charge in [-0.3, -0.25) is 4.79 Å². The zero-order valence-corrected chi connectivity index (χ0v) is 12.7. The summed E-state index contributed by atoms with van der Waals surface area (Å²) in [6, 6.07) is 0.436. The van der Waals surface area contributed by atoms with Gasteiger partial charge in [-0.2, -0.15) is 0 Å². The molecule has 0 heterocycles. The fourth-order valence-electron chi connectivity index (χ4n) is 3.94. The number of nitrogens with two attached hydrogens (primary N) is 1. The summed E-state index contributed by atoms with van der Waals surface area (Å²) in [4.78, 5) is 12.4. The SMILES string of the molecule is CC(C)(C)C1CCCCC1NC(=O)C1CCCC1N. The van der Waals surface area contributed by atoms with Gasteiger partial charge in [-0.25, -0.2) is 0 Å². The summed E-state index contributed by atoms with van der Waals surface area (Å²) in [5, 5.41) is 3.33. The number of carbonyl (C=O) groups is 1. The molecule has 0 saturated heterocycles. The molecule has 4 atom stereocenters. The van der Waals surface area contributed by atoms with Gasteiger partial charge in [0.2, 0.25) is 5.91 Å². The third kappa shape index (κ3) is 3.50. The van der Waals surface area contributed by atoms with E-state index in [-0.39, 0.29) is 23.3 Å². The van der Waals surface area contributed by atoms with Crippen LogP contribution in [0.4, 0.5) is 0 Å². The molecule has 0 radical (unpaired) electrons. The first-order valence-corrected chi connectivity index (χ1v) is 7.95. The molecule has 3 heteroatoms. The molecule has 0 bridgehead atoms. The quantitative estimate of drug-likeness (QED) is 0.807. The molecule has 0 aromatic rings. The van der Waals surface area contributed by atoms with Crippen LogP contribution in [0.5, 0.6) is 0 Å². The van der Waals surface area contributed by atoms with E-state index in [0.717, 1.165) is 25.7 Å². The van der Waals surface area contributed by atoms with Crippen molar-refractivity contribution < 1.29 is 4.79 Å². The van der Waals surface area contributed by atoms with Gasteiger partial charge in [-0.15, -0.1) is 0 Å². The van der Waals surface area contributed by atoms with E-state index in [9.17, 15) is 4.79 Å². The standard InChI is InChI=1S/C16H30N2O/c1-16(2,3)12-8-4-5-10-14(12)18-15(19)11-7-6-9-13(11)17/h11-14H,4-10,17H2,1-3H3,(H,18,19). The largest absolute Gasteiger partial charge is 0.353 e. The van der Waals surface area contributed by atoms with Crippen molar-refractivity contribution in [3.8, 4) is 0 Å². The van der Waals surface area contributed by atoms with E-state index in [1.54, 1.807) is 0 Å². The summed E-state index contributed by atoms with van der Waals surface area (Å²) < 4.78 is 0. The maximum atomic E-state index is 12.4. The Balaban J connectivity index is 1.97. The molecule has 0 spiro atoms. The van der Waals surface area contributed by atoms with E-state index >= 15 is 0 Å². The topological polar surface area (TPSA) is 55.1 Å². The fraction of sp³-hybridized carbons (Fsp3) is 0.938. The molecule has 0 aliphatic heterocycles. The van der Waals surface area contributed by atoms with Crippen molar-refractivity contribution in [3.63, 3.8) is 0 Å². The Kier molecular flexibility index (Phi) is 4.54. The molecule has 2 aliphatic carbocycles. The second-order valence-electron chi connectivity index (χ2n) is 7.57. The molecule has 2 aliphatic rings. The molecule has 2 fully saturated rings. The van der Waals surface area contributed by atoms with Crippen molar-refractivity contribution in [3.05, 3.63) is 0 Å².